The summed E-state index contributed by atoms with van der Waals surface area (Å²) in [5, 5.41) is 6.47. The van der Waals surface area contributed by atoms with Crippen LogP contribution in [-0.4, -0.2) is 56.3 Å². The van der Waals surface area contributed by atoms with Gasteiger partial charge in [0.2, 0.25) is 0 Å². The van der Waals surface area contributed by atoms with Crippen LogP contribution in [0.15, 0.2) is 29.3 Å². The number of nitrogens with one attached hydrogen (secondary N) is 2. The molecular weight excluding hydrogens is 484 g/mol. The molecule has 1 unspecified atom stereocenters. The van der Waals surface area contributed by atoms with E-state index in [-0.39, 0.29) is 36.1 Å². The zero-order valence-electron chi connectivity index (χ0n) is 16.6. The Balaban J connectivity index is 0.00000392. The van der Waals surface area contributed by atoms with E-state index in [9.17, 15) is 13.2 Å². The van der Waals surface area contributed by atoms with Gasteiger partial charge in [0.25, 0.3) is 0 Å². The molecule has 5 nitrogen and oxygen atoms in total. The molecule has 0 spiro atoms. The van der Waals surface area contributed by atoms with E-state index < -0.39 is 11.7 Å². The van der Waals surface area contributed by atoms with Crippen molar-refractivity contribution in [2.45, 2.75) is 39.0 Å². The highest BCUT2D eigenvalue weighted by Crippen LogP contribution is 2.31. The van der Waals surface area contributed by atoms with Gasteiger partial charge >= 0.3 is 6.18 Å². The number of benzene rings is 1. The van der Waals surface area contributed by atoms with Gasteiger partial charge in [-0.25, -0.2) is 0 Å². The molecule has 9 heteroatoms. The first-order chi connectivity index (χ1) is 12.8. The molecule has 1 heterocycles. The highest BCUT2D eigenvalue weighted by atomic mass is 127. The molecule has 0 bridgehead atoms. The first-order valence-corrected chi connectivity index (χ1v) is 9.35. The van der Waals surface area contributed by atoms with E-state index in [0.717, 1.165) is 37.3 Å². The minimum atomic E-state index is -4.33. The van der Waals surface area contributed by atoms with E-state index >= 15 is 0 Å². The smallest absolute Gasteiger partial charge is 0.379 e. The molecular formula is C19H30F3IN4O. The van der Waals surface area contributed by atoms with Gasteiger partial charge in [-0.15, -0.1) is 24.0 Å². The fourth-order valence-electron chi connectivity index (χ4n) is 2.99. The van der Waals surface area contributed by atoms with Gasteiger partial charge in [0.1, 0.15) is 0 Å². The molecule has 0 aromatic heterocycles. The fourth-order valence-corrected chi connectivity index (χ4v) is 2.99. The lowest BCUT2D eigenvalue weighted by Crippen LogP contribution is -2.43. The molecule has 2 N–H and O–H groups in total. The normalized spacial score (nSPS) is 17.2. The summed E-state index contributed by atoms with van der Waals surface area (Å²) in [4.78, 5) is 6.88. The highest BCUT2D eigenvalue weighted by molar-refractivity contribution is 14.0. The zero-order valence-corrected chi connectivity index (χ0v) is 18.9. The van der Waals surface area contributed by atoms with Crippen molar-refractivity contribution in [3.05, 3.63) is 35.4 Å². The van der Waals surface area contributed by atoms with E-state index in [1.165, 1.54) is 0 Å². The predicted octanol–water partition coefficient (Wildman–Crippen LogP) is 3.66. The number of ether oxygens (including phenoxy) is 1. The van der Waals surface area contributed by atoms with Gasteiger partial charge in [-0.3, -0.25) is 9.89 Å². The number of guanidine groups is 1. The van der Waals surface area contributed by atoms with Gasteiger partial charge in [0.15, 0.2) is 5.96 Å². The largest absolute Gasteiger partial charge is 0.416 e. The Morgan fingerprint density at radius 3 is 2.29 bits per heavy atom. The molecule has 1 atom stereocenters. The summed E-state index contributed by atoms with van der Waals surface area (Å²) in [6.45, 7) is 9.94. The number of halogens is 4. The van der Waals surface area contributed by atoms with Crippen LogP contribution in [0.25, 0.3) is 0 Å². The summed E-state index contributed by atoms with van der Waals surface area (Å²) >= 11 is 0. The monoisotopic (exact) mass is 514 g/mol. The zero-order chi connectivity index (χ0) is 19.9. The molecule has 1 aromatic rings. The Kier molecular flexibility index (Phi) is 10.5. The number of alkyl halides is 3. The Hall–Kier alpha value is -1.07. The second-order valence-corrected chi connectivity index (χ2v) is 6.80. The van der Waals surface area contributed by atoms with Gasteiger partial charge < -0.3 is 15.4 Å². The van der Waals surface area contributed by atoms with Crippen molar-refractivity contribution < 1.29 is 17.9 Å². The van der Waals surface area contributed by atoms with Crippen LogP contribution >= 0.6 is 24.0 Å². The summed E-state index contributed by atoms with van der Waals surface area (Å²) in [5.41, 5.74) is 0.194. The average molecular weight is 514 g/mol. The Morgan fingerprint density at radius 1 is 1.18 bits per heavy atom. The third kappa shape index (κ3) is 7.75. The van der Waals surface area contributed by atoms with Crippen molar-refractivity contribution in [1.29, 1.82) is 0 Å². The standard InChI is InChI=1S/C19H29F3N4O.HI/c1-4-23-18(25-14(2)3)24-13-17(26-9-11-27-12-10-26)15-5-7-16(8-6-15)19(20,21)22;/h5-8,14,17H,4,9-13H2,1-3H3,(H2,23,24,25);1H. The van der Waals surface area contributed by atoms with Gasteiger partial charge in [-0.1, -0.05) is 12.1 Å². The molecule has 0 aliphatic carbocycles. The molecule has 2 rings (SSSR count). The molecule has 1 aromatic carbocycles. The van der Waals surface area contributed by atoms with E-state index in [0.29, 0.717) is 25.7 Å². The van der Waals surface area contributed by atoms with Gasteiger partial charge in [-0.2, -0.15) is 13.2 Å². The minimum Gasteiger partial charge on any atom is -0.379 e. The summed E-state index contributed by atoms with van der Waals surface area (Å²) in [7, 11) is 0. The third-order valence-electron chi connectivity index (χ3n) is 4.30. The van der Waals surface area contributed by atoms with Crippen molar-refractivity contribution in [3.63, 3.8) is 0 Å². The van der Waals surface area contributed by atoms with E-state index in [4.69, 9.17) is 4.74 Å². The second-order valence-electron chi connectivity index (χ2n) is 6.80. The molecule has 1 saturated heterocycles. The van der Waals surface area contributed by atoms with Crippen LogP contribution in [0.4, 0.5) is 13.2 Å². The van der Waals surface area contributed by atoms with Crippen molar-refractivity contribution in [2.24, 2.45) is 4.99 Å². The summed E-state index contributed by atoms with van der Waals surface area (Å²) in [6.07, 6.45) is -4.33. The van der Waals surface area contributed by atoms with E-state index in [2.05, 4.69) is 20.5 Å². The fraction of sp³-hybridized carbons (Fsp3) is 0.632. The summed E-state index contributed by atoms with van der Waals surface area (Å²) < 4.78 is 44.0. The lowest BCUT2D eigenvalue weighted by atomic mass is 10.0. The maximum Gasteiger partial charge on any atom is 0.416 e. The van der Waals surface area contributed by atoms with Crippen LogP contribution in [0.1, 0.15) is 37.9 Å². The average Bonchev–Trinajstić information content (AvgIpc) is 2.62. The van der Waals surface area contributed by atoms with Crippen LogP contribution in [0.5, 0.6) is 0 Å². The lowest BCUT2D eigenvalue weighted by Gasteiger charge is -2.34. The maximum atomic E-state index is 12.9. The third-order valence-corrected chi connectivity index (χ3v) is 4.30. The van der Waals surface area contributed by atoms with Crippen molar-refractivity contribution >= 4 is 29.9 Å². The Morgan fingerprint density at radius 2 is 1.79 bits per heavy atom. The molecule has 1 fully saturated rings. The first-order valence-electron chi connectivity index (χ1n) is 9.35. The van der Waals surface area contributed by atoms with Gasteiger partial charge in [-0.05, 0) is 38.5 Å². The SMILES string of the molecule is CCNC(=NCC(c1ccc(C(F)(F)F)cc1)N1CCOCC1)NC(C)C.I. The Bertz CT molecular complexity index is 602. The molecule has 1 aliphatic heterocycles. The number of rotatable bonds is 6. The summed E-state index contributed by atoms with van der Waals surface area (Å²) in [6, 6.07) is 5.53. The number of hydrogen-bond donors (Lipinski definition) is 2. The maximum absolute atomic E-state index is 12.9. The van der Waals surface area contributed by atoms with Gasteiger partial charge in [0.05, 0.1) is 31.4 Å². The second kappa shape index (κ2) is 11.8. The van der Waals surface area contributed by atoms with Crippen LogP contribution in [0.2, 0.25) is 0 Å². The topological polar surface area (TPSA) is 48.9 Å². The van der Waals surface area contributed by atoms with Gasteiger partial charge in [0, 0.05) is 25.7 Å². The quantitative estimate of drug-likeness (QED) is 0.346. The minimum absolute atomic E-state index is 0. The van der Waals surface area contributed by atoms with Crippen LogP contribution < -0.4 is 10.6 Å². The van der Waals surface area contributed by atoms with Crippen molar-refractivity contribution in [2.75, 3.05) is 39.4 Å². The highest BCUT2D eigenvalue weighted by Gasteiger charge is 2.31. The van der Waals surface area contributed by atoms with E-state index in [1.807, 2.05) is 20.8 Å². The van der Waals surface area contributed by atoms with Crippen molar-refractivity contribution in [3.8, 4) is 0 Å². The first kappa shape index (κ1) is 25.0. The summed E-state index contributed by atoms with van der Waals surface area (Å²) in [5.74, 6) is 0.706. The number of nitrogens with zero attached hydrogens (tertiary/aromatic N) is 2. The molecule has 0 amide bonds. The Labute approximate surface area is 182 Å². The lowest BCUT2D eigenvalue weighted by molar-refractivity contribution is -0.137. The molecule has 160 valence electrons. The predicted molar refractivity (Wildman–Crippen MR) is 116 cm³/mol. The van der Waals surface area contributed by atoms with Crippen LogP contribution in [0, 0.1) is 0 Å². The van der Waals surface area contributed by atoms with E-state index in [1.54, 1.807) is 12.1 Å². The number of morpholine rings is 1. The molecule has 0 radical (unpaired) electrons. The van der Waals surface area contributed by atoms with Crippen LogP contribution in [0.3, 0.4) is 0 Å². The number of aliphatic imine (C=N–C) groups is 1. The molecule has 1 aliphatic rings. The number of hydrogen-bond acceptors (Lipinski definition) is 3. The van der Waals surface area contributed by atoms with Crippen LogP contribution in [-0.2, 0) is 10.9 Å². The molecule has 28 heavy (non-hydrogen) atoms. The van der Waals surface area contributed by atoms with Crippen molar-refractivity contribution in [1.82, 2.24) is 15.5 Å². The molecule has 0 saturated carbocycles.